The minimum atomic E-state index is 0.896. The van der Waals surface area contributed by atoms with Gasteiger partial charge in [-0.05, 0) is 163 Å². The van der Waals surface area contributed by atoms with Crippen molar-refractivity contribution in [2.75, 3.05) is 0 Å². The molecule has 0 aliphatic rings. The Labute approximate surface area is 442 Å². The van der Waals surface area contributed by atoms with Crippen LogP contribution in [0.5, 0.6) is 0 Å². The van der Waals surface area contributed by atoms with Crippen LogP contribution in [0.1, 0.15) is 0 Å². The Bertz CT molecular complexity index is 4980. The molecule has 16 rings (SSSR count). The summed E-state index contributed by atoms with van der Waals surface area (Å²) in [6, 6.07) is 98.7. The van der Waals surface area contributed by atoms with Crippen molar-refractivity contribution in [3.8, 4) is 66.8 Å². The van der Waals surface area contributed by atoms with Crippen LogP contribution in [0.3, 0.4) is 0 Å². The second kappa shape index (κ2) is 17.0. The fourth-order valence-corrected chi connectivity index (χ4v) is 13.8. The zero-order valence-electron chi connectivity index (χ0n) is 41.2. The summed E-state index contributed by atoms with van der Waals surface area (Å²) < 4.78 is 8.95. The van der Waals surface area contributed by atoms with Gasteiger partial charge in [-0.15, -0.1) is 11.3 Å². The van der Waals surface area contributed by atoms with Crippen LogP contribution in [0.4, 0.5) is 0 Å². The van der Waals surface area contributed by atoms with E-state index in [9.17, 15) is 0 Å². The molecule has 0 saturated heterocycles. The van der Waals surface area contributed by atoms with Gasteiger partial charge in [0.15, 0.2) is 0 Å². The Morgan fingerprint density at radius 1 is 0.224 bits per heavy atom. The van der Waals surface area contributed by atoms with Crippen molar-refractivity contribution in [3.63, 3.8) is 0 Å². The third kappa shape index (κ3) is 6.64. The lowest BCUT2D eigenvalue weighted by atomic mass is 9.84. The van der Waals surface area contributed by atoms with E-state index in [2.05, 4.69) is 261 Å². The first-order valence-electron chi connectivity index (χ1n) is 26.1. The topological polar surface area (TPSA) is 13.1 Å². The van der Waals surface area contributed by atoms with Crippen molar-refractivity contribution in [1.29, 1.82) is 0 Å². The molecule has 14 aromatic carbocycles. The SMILES string of the molecule is c1ccc(-c2c3ccccc3c(-c3cccc4sc5cc(-c6ccc7c(-c8ccc(-c9ccc%10ccccc%10c9)cc8)c8ccccc8c(-c8ccc9oc%10ccccc%10c9c8)c7c6)ccc5c34)c3ccccc23)cc1. The van der Waals surface area contributed by atoms with Gasteiger partial charge >= 0.3 is 0 Å². The molecule has 0 atom stereocenters. The molecule has 16 aromatic rings. The highest BCUT2D eigenvalue weighted by Gasteiger charge is 2.22. The highest BCUT2D eigenvalue weighted by atomic mass is 32.1. The largest absolute Gasteiger partial charge is 0.456 e. The summed E-state index contributed by atoms with van der Waals surface area (Å²) >= 11 is 1.89. The first-order valence-corrected chi connectivity index (χ1v) is 26.9. The van der Waals surface area contributed by atoms with E-state index in [0.717, 1.165) is 21.9 Å². The minimum Gasteiger partial charge on any atom is -0.456 e. The highest BCUT2D eigenvalue weighted by Crippen LogP contribution is 2.50. The summed E-state index contributed by atoms with van der Waals surface area (Å²) in [6.45, 7) is 0. The van der Waals surface area contributed by atoms with Crippen LogP contribution < -0.4 is 0 Å². The second-order valence-electron chi connectivity index (χ2n) is 20.2. The molecule has 0 fully saturated rings. The zero-order valence-corrected chi connectivity index (χ0v) is 42.0. The van der Waals surface area contributed by atoms with Crippen LogP contribution >= 0.6 is 11.3 Å². The maximum atomic E-state index is 6.38. The molecule has 0 N–H and O–H groups in total. The van der Waals surface area contributed by atoms with Gasteiger partial charge in [0.2, 0.25) is 0 Å². The number of para-hydroxylation sites is 1. The molecule has 0 bridgehead atoms. The number of benzene rings is 14. The monoisotopic (exact) mass is 980 g/mol. The molecule has 0 unspecified atom stereocenters. The van der Waals surface area contributed by atoms with Gasteiger partial charge < -0.3 is 4.42 Å². The average molecular weight is 981 g/mol. The second-order valence-corrected chi connectivity index (χ2v) is 21.3. The molecule has 352 valence electrons. The number of rotatable bonds is 6. The van der Waals surface area contributed by atoms with E-state index in [0.29, 0.717) is 0 Å². The normalized spacial score (nSPS) is 11.9. The Kier molecular flexibility index (Phi) is 9.57. The van der Waals surface area contributed by atoms with Gasteiger partial charge in [0.1, 0.15) is 11.2 Å². The molecule has 0 radical (unpaired) electrons. The molecular formula is C74H44OS. The van der Waals surface area contributed by atoms with Crippen molar-refractivity contribution in [2.24, 2.45) is 0 Å². The zero-order chi connectivity index (χ0) is 49.8. The smallest absolute Gasteiger partial charge is 0.135 e. The Morgan fingerprint density at radius 2 is 0.697 bits per heavy atom. The van der Waals surface area contributed by atoms with Gasteiger partial charge in [-0.3, -0.25) is 0 Å². The number of fused-ring (bicyclic) bond motifs is 11. The van der Waals surface area contributed by atoms with E-state index in [-0.39, 0.29) is 0 Å². The summed E-state index contributed by atoms with van der Waals surface area (Å²) in [5.74, 6) is 0. The summed E-state index contributed by atoms with van der Waals surface area (Å²) in [5.41, 5.74) is 16.5. The van der Waals surface area contributed by atoms with E-state index in [1.165, 1.54) is 141 Å². The van der Waals surface area contributed by atoms with Crippen molar-refractivity contribution in [1.82, 2.24) is 0 Å². The summed E-state index contributed by atoms with van der Waals surface area (Å²) in [4.78, 5) is 0. The van der Waals surface area contributed by atoms with Crippen LogP contribution in [0.25, 0.3) is 163 Å². The van der Waals surface area contributed by atoms with Crippen molar-refractivity contribution >= 4 is 107 Å². The molecule has 1 nitrogen and oxygen atoms in total. The number of furan rings is 1. The van der Waals surface area contributed by atoms with Crippen molar-refractivity contribution < 1.29 is 4.42 Å². The third-order valence-corrected chi connectivity index (χ3v) is 17.2. The summed E-state index contributed by atoms with van der Waals surface area (Å²) in [7, 11) is 0. The molecule has 76 heavy (non-hydrogen) atoms. The molecular weight excluding hydrogens is 937 g/mol. The lowest BCUT2D eigenvalue weighted by molar-refractivity contribution is 0.669. The molecule has 0 aliphatic carbocycles. The molecule has 0 spiro atoms. The fraction of sp³-hybridized carbons (Fsp3) is 0. The average Bonchev–Trinajstić information content (AvgIpc) is 4.16. The molecule has 0 saturated carbocycles. The van der Waals surface area contributed by atoms with E-state index < -0.39 is 0 Å². The quantitative estimate of drug-likeness (QED) is 0.151. The number of thiophene rings is 1. The molecule has 2 aromatic heterocycles. The lowest BCUT2D eigenvalue weighted by Crippen LogP contribution is -1.92. The predicted molar refractivity (Wildman–Crippen MR) is 327 cm³/mol. The summed E-state index contributed by atoms with van der Waals surface area (Å²) in [6.07, 6.45) is 0. The number of hydrogen-bond acceptors (Lipinski definition) is 2. The Balaban J connectivity index is 0.892. The Morgan fingerprint density at radius 3 is 1.41 bits per heavy atom. The fourth-order valence-electron chi connectivity index (χ4n) is 12.6. The number of hydrogen-bond donors (Lipinski definition) is 0. The van der Waals surface area contributed by atoms with Crippen molar-refractivity contribution in [3.05, 3.63) is 267 Å². The van der Waals surface area contributed by atoms with Gasteiger partial charge in [0.25, 0.3) is 0 Å². The van der Waals surface area contributed by atoms with Gasteiger partial charge in [0, 0.05) is 30.9 Å². The van der Waals surface area contributed by atoms with Crippen LogP contribution in [-0.4, -0.2) is 0 Å². The van der Waals surface area contributed by atoms with Crippen LogP contribution in [0, 0.1) is 0 Å². The minimum absolute atomic E-state index is 0.896. The lowest BCUT2D eigenvalue weighted by Gasteiger charge is -2.19. The molecule has 2 heterocycles. The first-order chi connectivity index (χ1) is 37.7. The van der Waals surface area contributed by atoms with Crippen LogP contribution in [0.15, 0.2) is 271 Å². The summed E-state index contributed by atoms with van der Waals surface area (Å²) in [5, 5.41) is 17.3. The van der Waals surface area contributed by atoms with Gasteiger partial charge in [-0.1, -0.05) is 224 Å². The van der Waals surface area contributed by atoms with Gasteiger partial charge in [-0.25, -0.2) is 0 Å². The highest BCUT2D eigenvalue weighted by molar-refractivity contribution is 7.26. The molecule has 0 aliphatic heterocycles. The van der Waals surface area contributed by atoms with Crippen molar-refractivity contribution in [2.45, 2.75) is 0 Å². The molecule has 0 amide bonds. The van der Waals surface area contributed by atoms with Crippen LogP contribution in [-0.2, 0) is 0 Å². The third-order valence-electron chi connectivity index (χ3n) is 16.0. The van der Waals surface area contributed by atoms with E-state index in [1.54, 1.807) is 0 Å². The Hall–Kier alpha value is -9.60. The first kappa shape index (κ1) is 42.9. The van der Waals surface area contributed by atoms with E-state index >= 15 is 0 Å². The van der Waals surface area contributed by atoms with Gasteiger partial charge in [0.05, 0.1) is 0 Å². The standard InChI is InChI=1S/C74H44OS/c1-2-16-47(17-3-1)70-57-22-8-10-24-59(57)73(60-25-11-9-23-58(60)70)63-26-14-28-68-74(63)62-39-36-52(44-69(62)76-68)51-35-38-61-65(42-51)72(53-37-40-67-64(43-53)54-19-12-13-27-66(54)75-67)56-21-7-6-20-55(56)71(61)48-32-29-46(30-33-48)50-34-31-45-15-4-5-18-49(45)41-50/h1-44H. The predicted octanol–water partition coefficient (Wildman–Crippen LogP) is 21.7. The van der Waals surface area contributed by atoms with E-state index in [4.69, 9.17) is 4.42 Å². The maximum absolute atomic E-state index is 6.38. The van der Waals surface area contributed by atoms with E-state index in [1.807, 2.05) is 17.4 Å². The maximum Gasteiger partial charge on any atom is 0.135 e. The van der Waals surface area contributed by atoms with Gasteiger partial charge in [-0.2, -0.15) is 0 Å². The molecule has 2 heteroatoms. The van der Waals surface area contributed by atoms with Crippen LogP contribution in [0.2, 0.25) is 0 Å².